The fourth-order valence-corrected chi connectivity index (χ4v) is 4.34. The van der Waals surface area contributed by atoms with Gasteiger partial charge in [-0.3, -0.25) is 9.59 Å². The van der Waals surface area contributed by atoms with Gasteiger partial charge >= 0.3 is 0 Å². The molecule has 1 aliphatic heterocycles. The van der Waals surface area contributed by atoms with Crippen molar-refractivity contribution >= 4 is 17.4 Å². The molecule has 7 heteroatoms. The molecule has 0 spiro atoms. The quantitative estimate of drug-likeness (QED) is 0.222. The third-order valence-electron chi connectivity index (χ3n) is 6.18. The Balaban J connectivity index is 2.18. The Bertz CT molecular complexity index is 1130. The molecule has 1 aliphatic rings. The highest BCUT2D eigenvalue weighted by Crippen LogP contribution is 2.42. The molecule has 0 aromatic heterocycles. The third-order valence-corrected chi connectivity index (χ3v) is 6.18. The Hall–Kier alpha value is -3.32. The van der Waals surface area contributed by atoms with Gasteiger partial charge < -0.3 is 24.2 Å². The van der Waals surface area contributed by atoms with Crippen molar-refractivity contribution in [3.05, 3.63) is 64.7 Å². The summed E-state index contributed by atoms with van der Waals surface area (Å²) in [6.07, 6.45) is 0.565. The maximum absolute atomic E-state index is 13.3. The van der Waals surface area contributed by atoms with Gasteiger partial charge in [0.05, 0.1) is 30.4 Å². The van der Waals surface area contributed by atoms with Crippen LogP contribution in [0.15, 0.2) is 48.0 Å². The summed E-state index contributed by atoms with van der Waals surface area (Å²) in [6, 6.07) is 12.1. The lowest BCUT2D eigenvalue weighted by Gasteiger charge is -2.26. The van der Waals surface area contributed by atoms with E-state index in [9.17, 15) is 14.7 Å². The smallest absolute Gasteiger partial charge is 0.295 e. The second-order valence-electron chi connectivity index (χ2n) is 10.2. The monoisotopic (exact) mass is 495 g/mol. The number of aliphatic hydroxyl groups is 1. The first kappa shape index (κ1) is 27.3. The molecule has 194 valence electrons. The number of Topliss-reactive ketones (excluding diaryl/α,β-unsaturated/α-hetero) is 1. The fraction of sp³-hybridized carbons (Fsp3) is 0.448. The molecule has 1 amide bonds. The van der Waals surface area contributed by atoms with E-state index in [0.717, 1.165) is 5.56 Å². The van der Waals surface area contributed by atoms with Crippen molar-refractivity contribution in [3.63, 3.8) is 0 Å². The van der Waals surface area contributed by atoms with Crippen LogP contribution in [0.3, 0.4) is 0 Å². The maximum Gasteiger partial charge on any atom is 0.295 e. The molecular formula is C29H37NO6. The van der Waals surface area contributed by atoms with Crippen LogP contribution in [0.2, 0.25) is 0 Å². The second kappa shape index (κ2) is 11.2. The predicted octanol–water partition coefficient (Wildman–Crippen LogP) is 5.24. The van der Waals surface area contributed by atoms with E-state index in [0.29, 0.717) is 42.2 Å². The Kier molecular flexibility index (Phi) is 8.46. The largest absolute Gasteiger partial charge is 0.507 e. The van der Waals surface area contributed by atoms with E-state index in [1.807, 2.05) is 50.2 Å². The minimum absolute atomic E-state index is 0.0121. The van der Waals surface area contributed by atoms with Gasteiger partial charge in [-0.25, -0.2) is 0 Å². The van der Waals surface area contributed by atoms with Crippen LogP contribution >= 0.6 is 0 Å². The first-order valence-corrected chi connectivity index (χ1v) is 12.2. The Morgan fingerprint density at radius 1 is 1.06 bits per heavy atom. The van der Waals surface area contributed by atoms with Crippen LogP contribution in [-0.2, 0) is 19.7 Å². The molecule has 0 aliphatic carbocycles. The van der Waals surface area contributed by atoms with Crippen LogP contribution in [0.5, 0.6) is 11.5 Å². The number of hydrogen-bond acceptors (Lipinski definition) is 6. The highest BCUT2D eigenvalue weighted by molar-refractivity contribution is 6.46. The van der Waals surface area contributed by atoms with Gasteiger partial charge in [-0.05, 0) is 61.1 Å². The summed E-state index contributed by atoms with van der Waals surface area (Å²) < 4.78 is 16.4. The number of methoxy groups -OCH3 is 2. The van der Waals surface area contributed by atoms with Crippen LogP contribution in [0.4, 0.5) is 0 Å². The lowest BCUT2D eigenvalue weighted by Crippen LogP contribution is -2.31. The molecule has 2 aromatic rings. The van der Waals surface area contributed by atoms with E-state index in [4.69, 9.17) is 14.2 Å². The Labute approximate surface area is 213 Å². The number of carbonyl (C=O) groups is 2. The Morgan fingerprint density at radius 2 is 1.72 bits per heavy atom. The lowest BCUT2D eigenvalue weighted by atomic mass is 9.85. The van der Waals surface area contributed by atoms with Crippen molar-refractivity contribution in [2.75, 3.05) is 27.4 Å². The van der Waals surface area contributed by atoms with Crippen molar-refractivity contribution in [2.24, 2.45) is 0 Å². The summed E-state index contributed by atoms with van der Waals surface area (Å²) in [5.41, 5.74) is 1.89. The second-order valence-corrected chi connectivity index (χ2v) is 10.2. The Morgan fingerprint density at radius 3 is 2.28 bits per heavy atom. The topological polar surface area (TPSA) is 85.3 Å². The van der Waals surface area contributed by atoms with Crippen molar-refractivity contribution < 1.29 is 28.9 Å². The van der Waals surface area contributed by atoms with E-state index in [-0.39, 0.29) is 22.9 Å². The van der Waals surface area contributed by atoms with E-state index in [1.165, 1.54) is 12.0 Å². The van der Waals surface area contributed by atoms with Crippen molar-refractivity contribution in [1.29, 1.82) is 0 Å². The van der Waals surface area contributed by atoms with Gasteiger partial charge in [0.25, 0.3) is 11.7 Å². The average Bonchev–Trinajstić information content (AvgIpc) is 3.08. The molecular weight excluding hydrogens is 458 g/mol. The number of carbonyl (C=O) groups excluding carboxylic acids is 2. The summed E-state index contributed by atoms with van der Waals surface area (Å²) in [5, 5.41) is 11.6. The number of benzene rings is 2. The van der Waals surface area contributed by atoms with Crippen molar-refractivity contribution in [3.8, 4) is 11.5 Å². The van der Waals surface area contributed by atoms with Gasteiger partial charge in [0.1, 0.15) is 17.3 Å². The molecule has 1 unspecified atom stereocenters. The van der Waals surface area contributed by atoms with Gasteiger partial charge in [0.2, 0.25) is 0 Å². The number of hydrogen-bond donors (Lipinski definition) is 1. The number of rotatable bonds is 9. The molecule has 0 radical (unpaired) electrons. The van der Waals surface area contributed by atoms with Gasteiger partial charge in [-0.1, -0.05) is 39.0 Å². The first-order valence-electron chi connectivity index (χ1n) is 12.2. The van der Waals surface area contributed by atoms with E-state index >= 15 is 0 Å². The minimum atomic E-state index is -0.752. The molecule has 3 rings (SSSR count). The predicted molar refractivity (Wildman–Crippen MR) is 139 cm³/mol. The van der Waals surface area contributed by atoms with Crippen LogP contribution < -0.4 is 9.47 Å². The molecule has 36 heavy (non-hydrogen) atoms. The van der Waals surface area contributed by atoms with Crippen LogP contribution in [-0.4, -0.2) is 55.2 Å². The molecule has 1 N–H and O–H groups in total. The lowest BCUT2D eigenvalue weighted by molar-refractivity contribution is -0.140. The third kappa shape index (κ3) is 5.73. The van der Waals surface area contributed by atoms with Gasteiger partial charge in [0, 0.05) is 20.3 Å². The van der Waals surface area contributed by atoms with E-state index in [1.54, 1.807) is 13.2 Å². The van der Waals surface area contributed by atoms with Crippen LogP contribution in [0.1, 0.15) is 63.8 Å². The fourth-order valence-electron chi connectivity index (χ4n) is 4.34. The number of likely N-dealkylation sites (tertiary alicyclic amines) is 1. The van der Waals surface area contributed by atoms with Crippen molar-refractivity contribution in [2.45, 2.75) is 58.6 Å². The van der Waals surface area contributed by atoms with Crippen LogP contribution in [0.25, 0.3) is 5.76 Å². The van der Waals surface area contributed by atoms with Crippen LogP contribution in [0, 0.1) is 0 Å². The maximum atomic E-state index is 13.3. The normalized spacial score (nSPS) is 17.7. The zero-order chi connectivity index (χ0) is 26.6. The highest BCUT2D eigenvalue weighted by Gasteiger charge is 2.46. The highest BCUT2D eigenvalue weighted by atomic mass is 16.5. The molecule has 2 aromatic carbocycles. The van der Waals surface area contributed by atoms with Gasteiger partial charge in [-0.2, -0.15) is 0 Å². The molecule has 1 heterocycles. The first-order chi connectivity index (χ1) is 17.0. The number of ether oxygens (including phenoxy) is 3. The summed E-state index contributed by atoms with van der Waals surface area (Å²) in [4.78, 5) is 28.0. The zero-order valence-electron chi connectivity index (χ0n) is 22.3. The molecule has 7 nitrogen and oxygen atoms in total. The molecule has 1 atom stereocenters. The molecule has 0 saturated carbocycles. The summed E-state index contributed by atoms with van der Waals surface area (Å²) in [6.45, 7) is 10.8. The van der Waals surface area contributed by atoms with Gasteiger partial charge in [-0.15, -0.1) is 0 Å². The standard InChI is InChI=1S/C29H37NO6/c1-18(2)36-21-12-9-19(10-13-21)25-24(27(32)28(33)30(25)15-8-16-34-6)26(31)22-17-20(29(3,4)5)11-14-23(22)35-7/h9-14,17-18,25,31H,8,15-16H2,1-7H3/b26-24+. The molecule has 0 bridgehead atoms. The summed E-state index contributed by atoms with van der Waals surface area (Å²) in [5.74, 6) is -0.514. The van der Waals surface area contributed by atoms with E-state index in [2.05, 4.69) is 20.8 Å². The van der Waals surface area contributed by atoms with Gasteiger partial charge in [0.15, 0.2) is 0 Å². The summed E-state index contributed by atoms with van der Waals surface area (Å²) in [7, 11) is 3.10. The number of aliphatic hydroxyl groups excluding tert-OH is 1. The van der Waals surface area contributed by atoms with E-state index < -0.39 is 17.7 Å². The number of ketones is 1. The molecule has 1 fully saturated rings. The number of nitrogens with zero attached hydrogens (tertiary/aromatic N) is 1. The minimum Gasteiger partial charge on any atom is -0.507 e. The zero-order valence-corrected chi connectivity index (χ0v) is 22.3. The average molecular weight is 496 g/mol. The SMILES string of the molecule is COCCCN1C(=O)C(=O)/C(=C(/O)c2cc(C(C)(C)C)ccc2OC)C1c1ccc(OC(C)C)cc1. The number of amides is 1. The van der Waals surface area contributed by atoms with Crippen molar-refractivity contribution in [1.82, 2.24) is 4.90 Å². The summed E-state index contributed by atoms with van der Waals surface area (Å²) >= 11 is 0. The molecule has 1 saturated heterocycles.